The van der Waals surface area contributed by atoms with Crippen LogP contribution in [-0.2, 0) is 27.4 Å². The molecule has 3 aromatic rings. The molecule has 0 saturated carbocycles. The summed E-state index contributed by atoms with van der Waals surface area (Å²) in [5, 5.41) is 2.78. The number of ether oxygens (including phenoxy) is 2. The molecule has 140 valence electrons. The van der Waals surface area contributed by atoms with Crippen LogP contribution in [0.1, 0.15) is 12.7 Å². The van der Waals surface area contributed by atoms with Gasteiger partial charge in [0.25, 0.3) is 5.91 Å². The Bertz CT molecular complexity index is 921. The number of esters is 1. The highest BCUT2D eigenvalue weighted by atomic mass is 16.5. The van der Waals surface area contributed by atoms with Gasteiger partial charge in [0, 0.05) is 0 Å². The Balaban J connectivity index is 1.66. The maximum Gasteiger partial charge on any atom is 0.326 e. The van der Waals surface area contributed by atoms with E-state index in [1.165, 1.54) is 0 Å². The monoisotopic (exact) mass is 367 g/mol. The Kier molecular flexibility index (Phi) is 6.04. The molecule has 0 bridgehead atoms. The van der Waals surface area contributed by atoms with Crippen molar-refractivity contribution < 1.29 is 19.1 Å². The van der Waals surface area contributed by atoms with Crippen molar-refractivity contribution in [3.63, 3.8) is 0 Å². The summed E-state index contributed by atoms with van der Waals surface area (Å²) in [6, 6.07) is 16.6. The SMILES string of the molecule is CCOC(=O)Cn1c(CNC(=O)COc2ccccc2)nc2ccccc21. The lowest BCUT2D eigenvalue weighted by Crippen LogP contribution is -2.30. The minimum Gasteiger partial charge on any atom is -0.484 e. The first kappa shape index (κ1) is 18.4. The number of hydrogen-bond donors (Lipinski definition) is 1. The molecular formula is C20H21N3O4. The summed E-state index contributed by atoms with van der Waals surface area (Å²) in [5.74, 6) is 0.591. The molecule has 0 spiro atoms. The molecule has 0 aliphatic carbocycles. The van der Waals surface area contributed by atoms with Crippen molar-refractivity contribution in [3.05, 3.63) is 60.4 Å². The number of carbonyl (C=O) groups is 2. The van der Waals surface area contributed by atoms with E-state index in [1.807, 2.05) is 42.5 Å². The Morgan fingerprint density at radius 1 is 1.07 bits per heavy atom. The molecule has 0 aliphatic rings. The fourth-order valence-corrected chi connectivity index (χ4v) is 2.67. The van der Waals surface area contributed by atoms with Crippen LogP contribution >= 0.6 is 0 Å². The second kappa shape index (κ2) is 8.84. The van der Waals surface area contributed by atoms with Crippen molar-refractivity contribution in [2.45, 2.75) is 20.0 Å². The lowest BCUT2D eigenvalue weighted by atomic mass is 10.3. The molecule has 0 saturated heterocycles. The van der Waals surface area contributed by atoms with Gasteiger partial charge in [-0.2, -0.15) is 0 Å². The zero-order valence-corrected chi connectivity index (χ0v) is 15.1. The van der Waals surface area contributed by atoms with E-state index in [4.69, 9.17) is 9.47 Å². The highest BCUT2D eigenvalue weighted by molar-refractivity contribution is 5.80. The molecule has 1 N–H and O–H groups in total. The first-order valence-corrected chi connectivity index (χ1v) is 8.71. The van der Waals surface area contributed by atoms with Gasteiger partial charge in [-0.05, 0) is 31.2 Å². The summed E-state index contributed by atoms with van der Waals surface area (Å²) < 4.78 is 12.2. The number of rotatable bonds is 8. The molecule has 7 nitrogen and oxygen atoms in total. The molecule has 0 radical (unpaired) electrons. The van der Waals surface area contributed by atoms with Crippen LogP contribution in [0.3, 0.4) is 0 Å². The maximum absolute atomic E-state index is 12.1. The number of imidazole rings is 1. The van der Waals surface area contributed by atoms with Gasteiger partial charge in [0.2, 0.25) is 0 Å². The molecular weight excluding hydrogens is 346 g/mol. The summed E-state index contributed by atoms with van der Waals surface area (Å²) in [6.07, 6.45) is 0. The van der Waals surface area contributed by atoms with Crippen LogP contribution < -0.4 is 10.1 Å². The van der Waals surface area contributed by atoms with Crippen LogP contribution in [0.25, 0.3) is 11.0 Å². The largest absolute Gasteiger partial charge is 0.484 e. The van der Waals surface area contributed by atoms with Gasteiger partial charge in [-0.15, -0.1) is 0 Å². The first-order chi connectivity index (χ1) is 13.2. The van der Waals surface area contributed by atoms with Crippen molar-refractivity contribution in [2.24, 2.45) is 0 Å². The van der Waals surface area contributed by atoms with Crippen LogP contribution in [0.4, 0.5) is 0 Å². The van der Waals surface area contributed by atoms with Gasteiger partial charge in [-0.1, -0.05) is 30.3 Å². The lowest BCUT2D eigenvalue weighted by Gasteiger charge is -2.10. The minimum atomic E-state index is -0.347. The molecule has 0 atom stereocenters. The third-order valence-corrected chi connectivity index (χ3v) is 3.88. The number of hydrogen-bond acceptors (Lipinski definition) is 5. The Hall–Kier alpha value is -3.35. The van der Waals surface area contributed by atoms with E-state index in [0.29, 0.717) is 18.2 Å². The van der Waals surface area contributed by atoms with Crippen molar-refractivity contribution in [1.29, 1.82) is 0 Å². The molecule has 1 amide bonds. The molecule has 1 heterocycles. The highest BCUT2D eigenvalue weighted by Gasteiger charge is 2.15. The third-order valence-electron chi connectivity index (χ3n) is 3.88. The van der Waals surface area contributed by atoms with E-state index < -0.39 is 0 Å². The van der Waals surface area contributed by atoms with Crippen LogP contribution in [0.2, 0.25) is 0 Å². The van der Waals surface area contributed by atoms with E-state index in [-0.39, 0.29) is 31.6 Å². The second-order valence-corrected chi connectivity index (χ2v) is 5.79. The van der Waals surface area contributed by atoms with Crippen molar-refractivity contribution >= 4 is 22.9 Å². The topological polar surface area (TPSA) is 82.5 Å². The normalized spacial score (nSPS) is 10.6. The molecule has 27 heavy (non-hydrogen) atoms. The number of nitrogens with one attached hydrogen (secondary N) is 1. The lowest BCUT2D eigenvalue weighted by molar-refractivity contribution is -0.143. The minimum absolute atomic E-state index is 0.0417. The van der Waals surface area contributed by atoms with Gasteiger partial charge in [-0.25, -0.2) is 4.98 Å². The van der Waals surface area contributed by atoms with E-state index >= 15 is 0 Å². The smallest absolute Gasteiger partial charge is 0.326 e. The molecule has 7 heteroatoms. The molecule has 1 aromatic heterocycles. The predicted molar refractivity (Wildman–Crippen MR) is 100 cm³/mol. The van der Waals surface area contributed by atoms with Crippen LogP contribution in [0, 0.1) is 0 Å². The van der Waals surface area contributed by atoms with Gasteiger partial charge in [0.15, 0.2) is 6.61 Å². The summed E-state index contributed by atoms with van der Waals surface area (Å²) >= 11 is 0. The quantitative estimate of drug-likeness (QED) is 0.618. The third kappa shape index (κ3) is 4.84. The number of benzene rings is 2. The Morgan fingerprint density at radius 2 is 1.81 bits per heavy atom. The zero-order chi connectivity index (χ0) is 19.1. The standard InChI is InChI=1S/C20H21N3O4/c1-2-26-20(25)13-23-17-11-7-6-10-16(17)22-18(23)12-21-19(24)14-27-15-8-4-3-5-9-15/h3-11H,2,12-14H2,1H3,(H,21,24). The number of para-hydroxylation sites is 3. The van der Waals surface area contributed by atoms with Crippen molar-refractivity contribution in [1.82, 2.24) is 14.9 Å². The second-order valence-electron chi connectivity index (χ2n) is 5.79. The summed E-state index contributed by atoms with van der Waals surface area (Å²) in [4.78, 5) is 28.5. The molecule has 0 unspecified atom stereocenters. The van der Waals surface area contributed by atoms with E-state index in [2.05, 4.69) is 10.3 Å². The van der Waals surface area contributed by atoms with Gasteiger partial charge < -0.3 is 19.4 Å². The summed E-state index contributed by atoms with van der Waals surface area (Å²) in [7, 11) is 0. The zero-order valence-electron chi connectivity index (χ0n) is 15.1. The molecule has 2 aromatic carbocycles. The van der Waals surface area contributed by atoms with E-state index in [0.717, 1.165) is 11.0 Å². The number of fused-ring (bicyclic) bond motifs is 1. The fraction of sp³-hybridized carbons (Fsp3) is 0.250. The van der Waals surface area contributed by atoms with E-state index in [1.54, 1.807) is 23.6 Å². The van der Waals surface area contributed by atoms with Crippen LogP contribution in [0.15, 0.2) is 54.6 Å². The summed E-state index contributed by atoms with van der Waals surface area (Å²) in [6.45, 7) is 2.21. The van der Waals surface area contributed by atoms with Crippen molar-refractivity contribution in [3.8, 4) is 5.75 Å². The van der Waals surface area contributed by atoms with Gasteiger partial charge in [-0.3, -0.25) is 9.59 Å². The maximum atomic E-state index is 12.1. The highest BCUT2D eigenvalue weighted by Crippen LogP contribution is 2.16. The van der Waals surface area contributed by atoms with Crippen molar-refractivity contribution in [2.75, 3.05) is 13.2 Å². The van der Waals surface area contributed by atoms with Gasteiger partial charge >= 0.3 is 5.97 Å². The fourth-order valence-electron chi connectivity index (χ4n) is 2.67. The Morgan fingerprint density at radius 3 is 2.59 bits per heavy atom. The van der Waals surface area contributed by atoms with Crippen LogP contribution in [0.5, 0.6) is 5.75 Å². The first-order valence-electron chi connectivity index (χ1n) is 8.71. The average molecular weight is 367 g/mol. The number of carbonyl (C=O) groups excluding carboxylic acids is 2. The van der Waals surface area contributed by atoms with E-state index in [9.17, 15) is 9.59 Å². The van der Waals surface area contributed by atoms with Gasteiger partial charge in [0.1, 0.15) is 18.1 Å². The predicted octanol–water partition coefficient (Wildman–Crippen LogP) is 2.29. The van der Waals surface area contributed by atoms with Crippen LogP contribution in [-0.4, -0.2) is 34.6 Å². The molecule has 3 rings (SSSR count). The summed E-state index contributed by atoms with van der Waals surface area (Å²) in [5.41, 5.74) is 1.57. The molecule has 0 aliphatic heterocycles. The average Bonchev–Trinajstić information content (AvgIpc) is 3.03. The number of amides is 1. The number of nitrogens with zero attached hydrogens (tertiary/aromatic N) is 2. The Labute approximate surface area is 156 Å². The van der Waals surface area contributed by atoms with Gasteiger partial charge in [0.05, 0.1) is 24.2 Å². The number of aromatic nitrogens is 2. The molecule has 0 fully saturated rings.